The van der Waals surface area contributed by atoms with Crippen LogP contribution in [0.2, 0.25) is 0 Å². The van der Waals surface area contributed by atoms with Crippen LogP contribution < -0.4 is 20.7 Å². The summed E-state index contributed by atoms with van der Waals surface area (Å²) in [4.78, 5) is 17.6. The predicted octanol–water partition coefficient (Wildman–Crippen LogP) is 2.34. The standard InChI is InChI=1S/C18H25N5O2S2/c1-12(19)17(24)21-14-11-20-27-18(14)26-13-4-5-15(16(10-13)25-3)23-8-6-22(2)7-9-23/h4-5,10-12H,6-9,19H2,1-3H3,(H,21,24). The summed E-state index contributed by atoms with van der Waals surface area (Å²) >= 11 is 2.90. The minimum Gasteiger partial charge on any atom is -0.495 e. The fourth-order valence-electron chi connectivity index (χ4n) is 2.77. The second kappa shape index (κ2) is 8.92. The topological polar surface area (TPSA) is 83.7 Å². The molecule has 0 radical (unpaired) electrons. The molecule has 27 heavy (non-hydrogen) atoms. The minimum absolute atomic E-state index is 0.222. The molecule has 3 rings (SSSR count). The number of anilines is 2. The highest BCUT2D eigenvalue weighted by atomic mass is 32.2. The summed E-state index contributed by atoms with van der Waals surface area (Å²) in [5, 5.41) is 2.83. The molecule has 1 aliphatic heterocycles. The van der Waals surface area contributed by atoms with Gasteiger partial charge in [0.15, 0.2) is 0 Å². The number of nitrogens with one attached hydrogen (secondary N) is 1. The van der Waals surface area contributed by atoms with E-state index in [1.807, 2.05) is 6.07 Å². The number of amides is 1. The molecule has 2 aromatic rings. The molecule has 3 N–H and O–H groups in total. The van der Waals surface area contributed by atoms with Crippen molar-refractivity contribution in [2.75, 3.05) is 50.6 Å². The number of methoxy groups -OCH3 is 1. The Morgan fingerprint density at radius 1 is 1.37 bits per heavy atom. The maximum atomic E-state index is 11.9. The Kier molecular flexibility index (Phi) is 6.59. The lowest BCUT2D eigenvalue weighted by atomic mass is 10.2. The van der Waals surface area contributed by atoms with E-state index >= 15 is 0 Å². The molecule has 1 amide bonds. The fraction of sp³-hybridized carbons (Fsp3) is 0.444. The van der Waals surface area contributed by atoms with E-state index < -0.39 is 6.04 Å². The predicted molar refractivity (Wildman–Crippen MR) is 111 cm³/mol. The number of hydrogen-bond donors (Lipinski definition) is 2. The number of carbonyl (C=O) groups is 1. The highest BCUT2D eigenvalue weighted by molar-refractivity contribution is 8.01. The van der Waals surface area contributed by atoms with Crippen molar-refractivity contribution in [1.82, 2.24) is 9.27 Å². The van der Waals surface area contributed by atoms with Crippen molar-refractivity contribution >= 4 is 40.6 Å². The van der Waals surface area contributed by atoms with Gasteiger partial charge in [-0.05, 0) is 43.7 Å². The van der Waals surface area contributed by atoms with Crippen LogP contribution in [0.3, 0.4) is 0 Å². The fourth-order valence-corrected chi connectivity index (χ4v) is 4.52. The molecule has 1 aliphatic rings. The molecule has 0 aliphatic carbocycles. The maximum absolute atomic E-state index is 11.9. The number of piperazine rings is 1. The van der Waals surface area contributed by atoms with Crippen molar-refractivity contribution in [1.29, 1.82) is 0 Å². The van der Waals surface area contributed by atoms with Crippen LogP contribution in [0.4, 0.5) is 11.4 Å². The van der Waals surface area contributed by atoms with E-state index in [1.165, 1.54) is 11.5 Å². The maximum Gasteiger partial charge on any atom is 0.241 e. The van der Waals surface area contributed by atoms with Crippen LogP contribution in [0.15, 0.2) is 33.5 Å². The zero-order chi connectivity index (χ0) is 19.4. The molecule has 146 valence electrons. The summed E-state index contributed by atoms with van der Waals surface area (Å²) in [6, 6.07) is 5.66. The average molecular weight is 408 g/mol. The number of nitrogens with two attached hydrogens (primary N) is 1. The number of aromatic nitrogens is 1. The Hall–Kier alpha value is -1.81. The zero-order valence-corrected chi connectivity index (χ0v) is 17.4. The van der Waals surface area contributed by atoms with Crippen molar-refractivity contribution in [2.45, 2.75) is 22.1 Å². The highest BCUT2D eigenvalue weighted by Gasteiger charge is 2.19. The largest absolute Gasteiger partial charge is 0.495 e. The van der Waals surface area contributed by atoms with Gasteiger partial charge in [0.05, 0.1) is 30.7 Å². The van der Waals surface area contributed by atoms with Crippen molar-refractivity contribution < 1.29 is 9.53 Å². The summed E-state index contributed by atoms with van der Waals surface area (Å²) in [5.74, 6) is 0.635. The normalized spacial score (nSPS) is 16.2. The molecule has 1 atom stereocenters. The first-order valence-electron chi connectivity index (χ1n) is 8.78. The lowest BCUT2D eigenvalue weighted by molar-refractivity contribution is -0.117. The molecule has 7 nitrogen and oxygen atoms in total. The molecule has 1 aromatic carbocycles. The van der Waals surface area contributed by atoms with Gasteiger partial charge in [0.2, 0.25) is 5.91 Å². The van der Waals surface area contributed by atoms with E-state index in [9.17, 15) is 4.79 Å². The van der Waals surface area contributed by atoms with Gasteiger partial charge in [0, 0.05) is 31.1 Å². The summed E-state index contributed by atoms with van der Waals surface area (Å²) in [7, 11) is 3.84. The van der Waals surface area contributed by atoms with Crippen molar-refractivity contribution in [3.05, 3.63) is 24.4 Å². The molecule has 2 heterocycles. The first-order chi connectivity index (χ1) is 13.0. The molecule has 0 spiro atoms. The molecule has 1 unspecified atom stereocenters. The Bertz CT molecular complexity index is 788. The molecule has 9 heteroatoms. The van der Waals surface area contributed by atoms with E-state index in [2.05, 4.69) is 38.7 Å². The molecule has 0 saturated carbocycles. The van der Waals surface area contributed by atoms with E-state index in [0.29, 0.717) is 5.69 Å². The quantitative estimate of drug-likeness (QED) is 0.760. The van der Waals surface area contributed by atoms with E-state index in [0.717, 1.165) is 46.7 Å². The third kappa shape index (κ3) is 4.92. The monoisotopic (exact) mass is 407 g/mol. The van der Waals surface area contributed by atoms with Crippen molar-refractivity contribution in [3.63, 3.8) is 0 Å². The number of benzene rings is 1. The van der Waals surface area contributed by atoms with Gasteiger partial charge in [-0.1, -0.05) is 11.8 Å². The number of nitrogens with zero attached hydrogens (tertiary/aromatic N) is 3. The number of ether oxygens (including phenoxy) is 1. The average Bonchev–Trinajstić information content (AvgIpc) is 3.09. The van der Waals surface area contributed by atoms with E-state index in [-0.39, 0.29) is 5.91 Å². The molecular weight excluding hydrogens is 382 g/mol. The Morgan fingerprint density at radius 2 is 2.11 bits per heavy atom. The Balaban J connectivity index is 1.75. The highest BCUT2D eigenvalue weighted by Crippen LogP contribution is 2.40. The molecular formula is C18H25N5O2S2. The van der Waals surface area contributed by atoms with Crippen LogP contribution >= 0.6 is 23.3 Å². The second-order valence-electron chi connectivity index (χ2n) is 6.53. The number of carbonyl (C=O) groups excluding carboxylic acids is 1. The van der Waals surface area contributed by atoms with Gasteiger partial charge in [-0.15, -0.1) is 0 Å². The Morgan fingerprint density at radius 3 is 2.78 bits per heavy atom. The smallest absolute Gasteiger partial charge is 0.241 e. The third-order valence-electron chi connectivity index (χ3n) is 4.41. The van der Waals surface area contributed by atoms with Crippen LogP contribution in [0.5, 0.6) is 5.75 Å². The molecule has 0 bridgehead atoms. The third-order valence-corrected chi connectivity index (χ3v) is 6.38. The van der Waals surface area contributed by atoms with Crippen LogP contribution in [0.1, 0.15) is 6.92 Å². The summed E-state index contributed by atoms with van der Waals surface area (Å²) < 4.78 is 10.8. The Labute approximate surface area is 168 Å². The van der Waals surface area contributed by atoms with Crippen LogP contribution in [-0.2, 0) is 4.79 Å². The number of hydrogen-bond acceptors (Lipinski definition) is 8. The van der Waals surface area contributed by atoms with Crippen LogP contribution in [0.25, 0.3) is 0 Å². The van der Waals surface area contributed by atoms with Gasteiger partial charge < -0.3 is 25.6 Å². The molecule has 1 fully saturated rings. The number of likely N-dealkylation sites (N-methyl/N-ethyl adjacent to an activating group) is 1. The van der Waals surface area contributed by atoms with Gasteiger partial charge in [-0.2, -0.15) is 4.37 Å². The van der Waals surface area contributed by atoms with Crippen molar-refractivity contribution in [2.24, 2.45) is 5.73 Å². The lowest BCUT2D eigenvalue weighted by Crippen LogP contribution is -2.44. The van der Waals surface area contributed by atoms with Gasteiger partial charge in [0.25, 0.3) is 0 Å². The summed E-state index contributed by atoms with van der Waals surface area (Å²) in [5.41, 5.74) is 7.43. The van der Waals surface area contributed by atoms with E-state index in [4.69, 9.17) is 10.5 Å². The molecule has 1 saturated heterocycles. The zero-order valence-electron chi connectivity index (χ0n) is 15.8. The second-order valence-corrected chi connectivity index (χ2v) is 8.67. The van der Waals surface area contributed by atoms with Crippen LogP contribution in [0, 0.1) is 0 Å². The van der Waals surface area contributed by atoms with Crippen LogP contribution in [-0.4, -0.2) is 61.6 Å². The SMILES string of the molecule is COc1cc(Sc2sncc2NC(=O)C(C)N)ccc1N1CCN(C)CC1. The molecule has 1 aromatic heterocycles. The van der Waals surface area contributed by atoms with Crippen molar-refractivity contribution in [3.8, 4) is 5.75 Å². The minimum atomic E-state index is -0.564. The van der Waals surface area contributed by atoms with Gasteiger partial charge >= 0.3 is 0 Å². The van der Waals surface area contributed by atoms with Gasteiger partial charge in [0.1, 0.15) is 9.96 Å². The van der Waals surface area contributed by atoms with E-state index in [1.54, 1.807) is 32.0 Å². The first kappa shape index (κ1) is 19.9. The van der Waals surface area contributed by atoms with Gasteiger partial charge in [-0.3, -0.25) is 4.79 Å². The number of rotatable bonds is 6. The van der Waals surface area contributed by atoms with Gasteiger partial charge in [-0.25, -0.2) is 0 Å². The summed E-state index contributed by atoms with van der Waals surface area (Å²) in [6.07, 6.45) is 1.66. The lowest BCUT2D eigenvalue weighted by Gasteiger charge is -2.34. The summed E-state index contributed by atoms with van der Waals surface area (Å²) in [6.45, 7) is 5.72. The first-order valence-corrected chi connectivity index (χ1v) is 10.4.